The lowest BCUT2D eigenvalue weighted by Crippen LogP contribution is -2.49. The van der Waals surface area contributed by atoms with E-state index in [1.807, 2.05) is 0 Å². The maximum Gasteiger partial charge on any atom is 0.244 e. The van der Waals surface area contributed by atoms with E-state index >= 15 is 0 Å². The van der Waals surface area contributed by atoms with Crippen LogP contribution in [0, 0.1) is 5.82 Å². The molecular formula is C18H22ClFN2O4. The molecule has 142 valence electrons. The van der Waals surface area contributed by atoms with E-state index in [1.54, 1.807) is 19.0 Å². The summed E-state index contributed by atoms with van der Waals surface area (Å²) in [6.07, 6.45) is 1.28. The molecule has 8 heteroatoms. The smallest absolute Gasteiger partial charge is 0.244 e. The van der Waals surface area contributed by atoms with Crippen LogP contribution in [0.1, 0.15) is 19.3 Å². The number of likely N-dealkylation sites (N-methyl/N-ethyl adjacent to an activating group) is 1. The van der Waals surface area contributed by atoms with Gasteiger partial charge in [-0.2, -0.15) is 0 Å². The van der Waals surface area contributed by atoms with E-state index in [0.717, 1.165) is 12.5 Å². The highest BCUT2D eigenvalue weighted by molar-refractivity contribution is 6.32. The maximum absolute atomic E-state index is 13.1. The van der Waals surface area contributed by atoms with Crippen LogP contribution in [-0.2, 0) is 14.3 Å². The molecule has 3 rings (SSSR count). The summed E-state index contributed by atoms with van der Waals surface area (Å²) in [7, 11) is 3.36. The second kappa shape index (κ2) is 7.80. The fourth-order valence-corrected chi connectivity index (χ4v) is 3.81. The Morgan fingerprint density at radius 3 is 2.88 bits per heavy atom. The number of hydrogen-bond donors (Lipinski definition) is 0. The molecule has 2 amide bonds. The Hall–Kier alpha value is -1.86. The summed E-state index contributed by atoms with van der Waals surface area (Å²) in [5.41, 5.74) is 0. The summed E-state index contributed by atoms with van der Waals surface area (Å²) >= 11 is 5.92. The van der Waals surface area contributed by atoms with E-state index in [9.17, 15) is 14.0 Å². The molecule has 2 heterocycles. The minimum atomic E-state index is -0.498. The lowest BCUT2D eigenvalue weighted by Gasteiger charge is -2.30. The van der Waals surface area contributed by atoms with E-state index in [-0.39, 0.29) is 42.0 Å². The van der Waals surface area contributed by atoms with Crippen molar-refractivity contribution in [2.45, 2.75) is 37.5 Å². The number of hydrogen-bond acceptors (Lipinski definition) is 4. The van der Waals surface area contributed by atoms with E-state index in [1.165, 1.54) is 17.0 Å². The molecule has 1 aromatic rings. The molecule has 6 nitrogen and oxygen atoms in total. The third-order valence-corrected chi connectivity index (χ3v) is 5.10. The molecule has 1 unspecified atom stereocenters. The molecule has 2 saturated heterocycles. The molecule has 26 heavy (non-hydrogen) atoms. The summed E-state index contributed by atoms with van der Waals surface area (Å²) in [6, 6.07) is 3.27. The minimum Gasteiger partial charge on any atom is -0.491 e. The number of likely N-dealkylation sites (tertiary alicyclic amines) is 1. The number of halogens is 2. The molecule has 0 spiro atoms. The van der Waals surface area contributed by atoms with Crippen molar-refractivity contribution in [3.05, 3.63) is 29.0 Å². The van der Waals surface area contributed by atoms with Gasteiger partial charge in [0, 0.05) is 27.1 Å². The van der Waals surface area contributed by atoms with Gasteiger partial charge >= 0.3 is 0 Å². The molecule has 0 radical (unpaired) electrons. The SMILES string of the molecule is CN(C)C(=O)C1C[C@@H]2OCC[C@@H]2N1C(=O)CCOc1ccc(F)cc1Cl. The molecule has 0 aromatic heterocycles. The van der Waals surface area contributed by atoms with Crippen LogP contribution in [0.4, 0.5) is 4.39 Å². The molecule has 2 aliphatic rings. The Morgan fingerprint density at radius 2 is 2.19 bits per heavy atom. The molecule has 1 aromatic carbocycles. The van der Waals surface area contributed by atoms with Gasteiger partial charge in [-0.25, -0.2) is 4.39 Å². The Bertz CT molecular complexity index is 700. The lowest BCUT2D eigenvalue weighted by molar-refractivity contribution is -0.144. The van der Waals surface area contributed by atoms with Gasteiger partial charge in [0.25, 0.3) is 0 Å². The summed E-state index contributed by atoms with van der Waals surface area (Å²) in [6.45, 7) is 0.700. The van der Waals surface area contributed by atoms with Crippen molar-refractivity contribution < 1.29 is 23.5 Å². The predicted molar refractivity (Wildman–Crippen MR) is 93.6 cm³/mol. The van der Waals surface area contributed by atoms with Crippen LogP contribution >= 0.6 is 11.6 Å². The second-order valence-electron chi connectivity index (χ2n) is 6.72. The minimum absolute atomic E-state index is 0.0641. The maximum atomic E-state index is 13.1. The molecular weight excluding hydrogens is 363 g/mol. The van der Waals surface area contributed by atoms with Crippen molar-refractivity contribution in [1.82, 2.24) is 9.80 Å². The second-order valence-corrected chi connectivity index (χ2v) is 7.13. The number of carbonyl (C=O) groups excluding carboxylic acids is 2. The first-order valence-corrected chi connectivity index (χ1v) is 8.98. The van der Waals surface area contributed by atoms with E-state index < -0.39 is 11.9 Å². The topological polar surface area (TPSA) is 59.1 Å². The number of carbonyl (C=O) groups is 2. The predicted octanol–water partition coefficient (Wildman–Crippen LogP) is 2.09. The molecule has 0 saturated carbocycles. The van der Waals surface area contributed by atoms with Crippen molar-refractivity contribution in [2.75, 3.05) is 27.3 Å². The van der Waals surface area contributed by atoms with Gasteiger partial charge in [-0.3, -0.25) is 9.59 Å². The summed E-state index contributed by atoms with van der Waals surface area (Å²) in [5.74, 6) is -0.377. The van der Waals surface area contributed by atoms with Crippen LogP contribution in [0.5, 0.6) is 5.75 Å². The van der Waals surface area contributed by atoms with Gasteiger partial charge in [0.1, 0.15) is 17.6 Å². The number of fused-ring (bicyclic) bond motifs is 1. The monoisotopic (exact) mass is 384 g/mol. The van der Waals surface area contributed by atoms with Gasteiger partial charge in [-0.05, 0) is 24.6 Å². The first kappa shape index (κ1) is 18.9. The molecule has 0 bridgehead atoms. The van der Waals surface area contributed by atoms with Crippen molar-refractivity contribution in [3.63, 3.8) is 0 Å². The molecule has 2 aliphatic heterocycles. The average molecular weight is 385 g/mol. The van der Waals surface area contributed by atoms with Gasteiger partial charge in [-0.1, -0.05) is 11.6 Å². The van der Waals surface area contributed by atoms with E-state index in [4.69, 9.17) is 21.1 Å². The molecule has 0 aliphatic carbocycles. The van der Waals surface area contributed by atoms with Crippen LogP contribution in [-0.4, -0.2) is 67.1 Å². The number of ether oxygens (including phenoxy) is 2. The first-order chi connectivity index (χ1) is 12.4. The van der Waals surface area contributed by atoms with Crippen LogP contribution in [0.3, 0.4) is 0 Å². The molecule has 0 N–H and O–H groups in total. The summed E-state index contributed by atoms with van der Waals surface area (Å²) in [4.78, 5) is 28.4. The third kappa shape index (κ3) is 3.78. The van der Waals surface area contributed by atoms with Gasteiger partial charge in [0.2, 0.25) is 11.8 Å². The van der Waals surface area contributed by atoms with Crippen molar-refractivity contribution >= 4 is 23.4 Å². The zero-order valence-electron chi connectivity index (χ0n) is 14.8. The van der Waals surface area contributed by atoms with Crippen molar-refractivity contribution in [2.24, 2.45) is 0 Å². The van der Waals surface area contributed by atoms with Gasteiger partial charge in [0.15, 0.2) is 0 Å². The Morgan fingerprint density at radius 1 is 1.42 bits per heavy atom. The fraction of sp³-hybridized carbons (Fsp3) is 0.556. The zero-order valence-corrected chi connectivity index (χ0v) is 15.5. The van der Waals surface area contributed by atoms with Crippen molar-refractivity contribution in [3.8, 4) is 5.75 Å². The van der Waals surface area contributed by atoms with Gasteiger partial charge in [0.05, 0.1) is 30.2 Å². The van der Waals surface area contributed by atoms with E-state index in [2.05, 4.69) is 0 Å². The average Bonchev–Trinajstić information content (AvgIpc) is 3.16. The molecule has 2 fully saturated rings. The number of rotatable bonds is 5. The van der Waals surface area contributed by atoms with Crippen LogP contribution < -0.4 is 4.74 Å². The number of benzene rings is 1. The van der Waals surface area contributed by atoms with Crippen LogP contribution in [0.25, 0.3) is 0 Å². The standard InChI is InChI=1S/C18H22ClFN2O4/c1-21(2)18(24)14-10-16-13(5-7-26-16)22(14)17(23)6-8-25-15-4-3-11(20)9-12(15)19/h3-4,9,13-14,16H,5-8,10H2,1-2H3/t13-,14?,16-/m0/s1. The van der Waals surface area contributed by atoms with Crippen LogP contribution in [0.15, 0.2) is 18.2 Å². The summed E-state index contributed by atoms with van der Waals surface area (Å²) in [5, 5.41) is 0.156. The zero-order chi connectivity index (χ0) is 18.8. The van der Waals surface area contributed by atoms with Gasteiger partial charge in [-0.15, -0.1) is 0 Å². The normalized spacial score (nSPS) is 24.5. The Kier molecular flexibility index (Phi) is 5.67. The highest BCUT2D eigenvalue weighted by Crippen LogP contribution is 2.35. The Labute approximate surface area is 156 Å². The Balaban J connectivity index is 1.63. The van der Waals surface area contributed by atoms with Gasteiger partial charge < -0.3 is 19.3 Å². The third-order valence-electron chi connectivity index (χ3n) is 4.80. The highest BCUT2D eigenvalue weighted by atomic mass is 35.5. The quantitative estimate of drug-likeness (QED) is 0.780. The largest absolute Gasteiger partial charge is 0.491 e. The fourth-order valence-electron chi connectivity index (χ4n) is 3.59. The summed E-state index contributed by atoms with van der Waals surface area (Å²) < 4.78 is 24.2. The molecule has 3 atom stereocenters. The van der Waals surface area contributed by atoms with E-state index in [0.29, 0.717) is 18.8 Å². The lowest BCUT2D eigenvalue weighted by atomic mass is 10.1. The van der Waals surface area contributed by atoms with Crippen molar-refractivity contribution in [1.29, 1.82) is 0 Å². The number of nitrogens with zero attached hydrogens (tertiary/aromatic N) is 2. The highest BCUT2D eigenvalue weighted by Gasteiger charge is 2.49. The van der Waals surface area contributed by atoms with Crippen LogP contribution in [0.2, 0.25) is 5.02 Å². The number of amides is 2. The first-order valence-electron chi connectivity index (χ1n) is 8.60.